The maximum atomic E-state index is 10.6. The number of ether oxygens (including phenoxy) is 1. The van der Waals surface area contributed by atoms with Gasteiger partial charge in [0, 0.05) is 23.2 Å². The Morgan fingerprint density at radius 1 is 1.20 bits per heavy atom. The summed E-state index contributed by atoms with van der Waals surface area (Å²) < 4.78 is 6.60. The average Bonchev–Trinajstić information content (AvgIpc) is 2.42. The molecule has 0 aromatic heterocycles. The number of nitrogens with zero attached hydrogens (tertiary/aromatic N) is 1. The quantitative estimate of drug-likeness (QED) is 0.664. The van der Waals surface area contributed by atoms with Crippen LogP contribution in [0.3, 0.4) is 0 Å². The molecule has 1 N–H and O–H groups in total. The maximum absolute atomic E-state index is 10.6. The number of nitro groups is 1. The molecule has 0 heterocycles. The second-order valence-electron chi connectivity index (χ2n) is 4.14. The molecule has 0 fully saturated rings. The van der Waals surface area contributed by atoms with Crippen molar-refractivity contribution in [1.29, 1.82) is 0 Å². The minimum atomic E-state index is -0.438. The van der Waals surface area contributed by atoms with Gasteiger partial charge in [0.15, 0.2) is 0 Å². The highest BCUT2D eigenvalue weighted by Gasteiger charge is 2.06. The van der Waals surface area contributed by atoms with Crippen molar-refractivity contribution in [3.8, 4) is 11.5 Å². The summed E-state index contributed by atoms with van der Waals surface area (Å²) in [5, 5.41) is 13.6. The number of hydrogen-bond donors (Lipinski definition) is 1. The van der Waals surface area contributed by atoms with Gasteiger partial charge in [0.2, 0.25) is 0 Å². The lowest BCUT2D eigenvalue weighted by atomic mass is 10.2. The Balaban J connectivity index is 2.13. The molecule has 2 aromatic carbocycles. The van der Waals surface area contributed by atoms with Crippen LogP contribution in [0.15, 0.2) is 46.9 Å². The van der Waals surface area contributed by atoms with Gasteiger partial charge < -0.3 is 10.1 Å². The molecule has 6 heteroatoms. The summed E-state index contributed by atoms with van der Waals surface area (Å²) in [5.41, 5.74) is 1.17. The van der Waals surface area contributed by atoms with Gasteiger partial charge in [-0.25, -0.2) is 0 Å². The molecule has 20 heavy (non-hydrogen) atoms. The molecule has 0 aliphatic heterocycles. The Morgan fingerprint density at radius 2 is 1.85 bits per heavy atom. The Kier molecular flexibility index (Phi) is 4.70. The molecule has 2 rings (SSSR count). The summed E-state index contributed by atoms with van der Waals surface area (Å²) in [4.78, 5) is 10.1. The summed E-state index contributed by atoms with van der Waals surface area (Å²) in [6.07, 6.45) is 0. The van der Waals surface area contributed by atoms with Crippen LogP contribution in [0.4, 0.5) is 5.69 Å². The van der Waals surface area contributed by atoms with E-state index in [2.05, 4.69) is 21.2 Å². The highest BCUT2D eigenvalue weighted by atomic mass is 79.9. The number of hydrogen-bond acceptors (Lipinski definition) is 4. The Bertz CT molecular complexity index is 614. The highest BCUT2D eigenvalue weighted by molar-refractivity contribution is 9.10. The molecule has 0 aliphatic rings. The molecule has 0 spiro atoms. The minimum absolute atomic E-state index is 0.0444. The minimum Gasteiger partial charge on any atom is -0.457 e. The molecule has 5 nitrogen and oxygen atoms in total. The molecular formula is C14H13BrN2O3. The van der Waals surface area contributed by atoms with Crippen molar-refractivity contribution in [2.45, 2.75) is 6.54 Å². The third kappa shape index (κ3) is 3.55. The van der Waals surface area contributed by atoms with Gasteiger partial charge in [-0.3, -0.25) is 10.1 Å². The van der Waals surface area contributed by atoms with Crippen LogP contribution in [0.5, 0.6) is 11.5 Å². The van der Waals surface area contributed by atoms with E-state index in [0.29, 0.717) is 11.5 Å². The Hall–Kier alpha value is -1.92. The zero-order valence-corrected chi connectivity index (χ0v) is 12.4. The third-order valence-corrected chi connectivity index (χ3v) is 3.41. The van der Waals surface area contributed by atoms with Gasteiger partial charge in [-0.05, 0) is 36.9 Å². The van der Waals surface area contributed by atoms with Crippen molar-refractivity contribution >= 4 is 21.6 Å². The molecule has 0 radical (unpaired) electrons. The van der Waals surface area contributed by atoms with Crippen LogP contribution >= 0.6 is 15.9 Å². The average molecular weight is 337 g/mol. The Labute approximate surface area is 124 Å². The molecule has 0 aliphatic carbocycles. The normalized spacial score (nSPS) is 10.3. The lowest BCUT2D eigenvalue weighted by Crippen LogP contribution is -2.05. The standard InChI is InChI=1S/C14H13BrN2O3/c1-16-9-10-2-5-13(8-14(10)15)20-12-6-3-11(4-7-12)17(18)19/h2-8,16H,9H2,1H3. The Morgan fingerprint density at radius 3 is 2.40 bits per heavy atom. The fourth-order valence-electron chi connectivity index (χ4n) is 1.70. The van der Waals surface area contributed by atoms with E-state index < -0.39 is 4.92 Å². The van der Waals surface area contributed by atoms with Crippen molar-refractivity contribution < 1.29 is 9.66 Å². The third-order valence-electron chi connectivity index (χ3n) is 2.68. The van der Waals surface area contributed by atoms with E-state index in [4.69, 9.17) is 4.74 Å². The zero-order valence-electron chi connectivity index (χ0n) is 10.8. The topological polar surface area (TPSA) is 64.4 Å². The lowest BCUT2D eigenvalue weighted by molar-refractivity contribution is -0.384. The van der Waals surface area contributed by atoms with Crippen LogP contribution in [0.2, 0.25) is 0 Å². The van der Waals surface area contributed by atoms with Crippen LogP contribution < -0.4 is 10.1 Å². The number of nitro benzene ring substituents is 1. The summed E-state index contributed by atoms with van der Waals surface area (Å²) in [6.45, 7) is 0.762. The van der Waals surface area contributed by atoms with Gasteiger partial charge in [-0.2, -0.15) is 0 Å². The van der Waals surface area contributed by atoms with Crippen molar-refractivity contribution in [2.24, 2.45) is 0 Å². The van der Waals surface area contributed by atoms with Crippen LogP contribution in [0.1, 0.15) is 5.56 Å². The maximum Gasteiger partial charge on any atom is 0.269 e. The largest absolute Gasteiger partial charge is 0.457 e. The first kappa shape index (κ1) is 14.5. The summed E-state index contributed by atoms with van der Waals surface area (Å²) in [5.74, 6) is 1.23. The molecule has 0 saturated heterocycles. The van der Waals surface area contributed by atoms with Gasteiger partial charge in [0.25, 0.3) is 5.69 Å². The second kappa shape index (κ2) is 6.49. The molecule has 0 amide bonds. The fraction of sp³-hybridized carbons (Fsp3) is 0.143. The summed E-state index contributed by atoms with van der Waals surface area (Å²) in [6, 6.07) is 11.7. The van der Waals surface area contributed by atoms with E-state index >= 15 is 0 Å². The van der Waals surface area contributed by atoms with Crippen LogP contribution in [-0.4, -0.2) is 12.0 Å². The number of nitrogens with one attached hydrogen (secondary N) is 1. The van der Waals surface area contributed by atoms with Gasteiger partial charge in [-0.15, -0.1) is 0 Å². The molecule has 2 aromatic rings. The summed E-state index contributed by atoms with van der Waals surface area (Å²) >= 11 is 3.48. The molecule has 0 bridgehead atoms. The van der Waals surface area contributed by atoms with Crippen molar-refractivity contribution in [2.75, 3.05) is 7.05 Å². The first-order valence-electron chi connectivity index (χ1n) is 5.95. The van der Waals surface area contributed by atoms with Gasteiger partial charge >= 0.3 is 0 Å². The predicted octanol–water partition coefficient (Wildman–Crippen LogP) is 3.87. The zero-order chi connectivity index (χ0) is 14.5. The number of halogens is 1. The predicted molar refractivity (Wildman–Crippen MR) is 80.1 cm³/mol. The smallest absolute Gasteiger partial charge is 0.269 e. The van der Waals surface area contributed by atoms with Gasteiger partial charge in [0.05, 0.1) is 4.92 Å². The fourth-order valence-corrected chi connectivity index (χ4v) is 2.20. The van der Waals surface area contributed by atoms with E-state index in [1.54, 1.807) is 12.1 Å². The molecule has 0 unspecified atom stereocenters. The van der Waals surface area contributed by atoms with E-state index in [-0.39, 0.29) is 5.69 Å². The molecule has 0 atom stereocenters. The number of non-ortho nitro benzene ring substituents is 1. The van der Waals surface area contributed by atoms with Gasteiger partial charge in [-0.1, -0.05) is 22.0 Å². The van der Waals surface area contributed by atoms with Crippen molar-refractivity contribution in [3.63, 3.8) is 0 Å². The van der Waals surface area contributed by atoms with Crippen LogP contribution in [0.25, 0.3) is 0 Å². The lowest BCUT2D eigenvalue weighted by Gasteiger charge is -2.08. The highest BCUT2D eigenvalue weighted by Crippen LogP contribution is 2.28. The first-order valence-corrected chi connectivity index (χ1v) is 6.75. The van der Waals surface area contributed by atoms with E-state index in [1.165, 1.54) is 12.1 Å². The number of rotatable bonds is 5. The summed E-state index contributed by atoms with van der Waals surface area (Å²) in [7, 11) is 1.88. The SMILES string of the molecule is CNCc1ccc(Oc2ccc([N+](=O)[O-])cc2)cc1Br. The van der Waals surface area contributed by atoms with E-state index in [0.717, 1.165) is 16.6 Å². The van der Waals surface area contributed by atoms with E-state index in [9.17, 15) is 10.1 Å². The van der Waals surface area contributed by atoms with Gasteiger partial charge in [0.1, 0.15) is 11.5 Å². The molecule has 0 saturated carbocycles. The van der Waals surface area contributed by atoms with Crippen LogP contribution in [-0.2, 0) is 6.54 Å². The second-order valence-corrected chi connectivity index (χ2v) is 4.99. The van der Waals surface area contributed by atoms with Crippen molar-refractivity contribution in [3.05, 3.63) is 62.6 Å². The van der Waals surface area contributed by atoms with Crippen molar-refractivity contribution in [1.82, 2.24) is 5.32 Å². The first-order chi connectivity index (χ1) is 9.60. The monoisotopic (exact) mass is 336 g/mol. The van der Waals surface area contributed by atoms with E-state index in [1.807, 2.05) is 25.2 Å². The molecular weight excluding hydrogens is 324 g/mol. The molecule has 104 valence electrons. The number of benzene rings is 2. The van der Waals surface area contributed by atoms with Crippen LogP contribution in [0, 0.1) is 10.1 Å².